The molecule has 2 rings (SSSR count). The molecule has 134 valence electrons. The summed E-state index contributed by atoms with van der Waals surface area (Å²) in [5.41, 5.74) is 0.630. The number of benzene rings is 1. The van der Waals surface area contributed by atoms with Crippen LogP contribution in [-0.2, 0) is 0 Å². The lowest BCUT2D eigenvalue weighted by Crippen LogP contribution is -2.48. The van der Waals surface area contributed by atoms with Gasteiger partial charge >= 0.3 is 6.03 Å². The Labute approximate surface area is 154 Å². The zero-order chi connectivity index (χ0) is 17.5. The fraction of sp³-hybridized carbons (Fsp3) is 0.588. The van der Waals surface area contributed by atoms with E-state index >= 15 is 0 Å². The van der Waals surface area contributed by atoms with Crippen LogP contribution in [0.25, 0.3) is 0 Å². The molecule has 1 fully saturated rings. The lowest BCUT2D eigenvalue weighted by molar-refractivity contribution is 0.124. The van der Waals surface area contributed by atoms with Gasteiger partial charge in [-0.25, -0.2) is 4.79 Å². The second kappa shape index (κ2) is 9.47. The monoisotopic (exact) mass is 372 g/mol. The van der Waals surface area contributed by atoms with Crippen LogP contribution in [0.15, 0.2) is 18.2 Å². The molecule has 1 saturated heterocycles. The summed E-state index contributed by atoms with van der Waals surface area (Å²) < 4.78 is 0. The first-order chi connectivity index (χ1) is 11.5. The molecule has 7 heteroatoms. The van der Waals surface area contributed by atoms with E-state index in [1.807, 2.05) is 0 Å². The molecule has 0 bridgehead atoms. The maximum absolute atomic E-state index is 12.0. The average molecular weight is 373 g/mol. The Balaban J connectivity index is 1.68. The van der Waals surface area contributed by atoms with Crippen molar-refractivity contribution in [3.8, 4) is 0 Å². The van der Waals surface area contributed by atoms with Gasteiger partial charge in [-0.05, 0) is 30.7 Å². The Morgan fingerprint density at radius 1 is 1.17 bits per heavy atom. The lowest BCUT2D eigenvalue weighted by Gasteiger charge is -2.35. The van der Waals surface area contributed by atoms with Gasteiger partial charge < -0.3 is 20.4 Å². The van der Waals surface area contributed by atoms with Crippen LogP contribution in [0.4, 0.5) is 10.5 Å². The fourth-order valence-corrected chi connectivity index (χ4v) is 3.11. The van der Waals surface area contributed by atoms with E-state index in [0.29, 0.717) is 28.2 Å². The van der Waals surface area contributed by atoms with Crippen molar-refractivity contribution < 1.29 is 4.79 Å². The van der Waals surface area contributed by atoms with E-state index in [1.54, 1.807) is 18.2 Å². The summed E-state index contributed by atoms with van der Waals surface area (Å²) >= 11 is 11.8. The van der Waals surface area contributed by atoms with Gasteiger partial charge in [-0.15, -0.1) is 0 Å². The van der Waals surface area contributed by atoms with Crippen LogP contribution in [0.1, 0.15) is 13.8 Å². The van der Waals surface area contributed by atoms with Gasteiger partial charge in [0.05, 0.1) is 10.0 Å². The maximum Gasteiger partial charge on any atom is 0.319 e. The first kappa shape index (κ1) is 19.3. The number of rotatable bonds is 6. The van der Waals surface area contributed by atoms with E-state index in [1.165, 1.54) is 0 Å². The SMILES string of the molecule is CCN1CCN(C[C@H](C)CNC(=O)Nc2ccc(Cl)c(Cl)c2)CC1. The van der Waals surface area contributed by atoms with Gasteiger partial charge in [0.2, 0.25) is 0 Å². The van der Waals surface area contributed by atoms with Crippen LogP contribution in [0, 0.1) is 5.92 Å². The summed E-state index contributed by atoms with van der Waals surface area (Å²) in [6.45, 7) is 11.6. The number of nitrogens with zero attached hydrogens (tertiary/aromatic N) is 2. The van der Waals surface area contributed by atoms with Gasteiger partial charge in [-0.1, -0.05) is 37.0 Å². The molecular formula is C17H26Cl2N4O. The van der Waals surface area contributed by atoms with Crippen molar-refractivity contribution in [2.45, 2.75) is 13.8 Å². The topological polar surface area (TPSA) is 47.6 Å². The molecule has 1 atom stereocenters. The van der Waals surface area contributed by atoms with E-state index in [2.05, 4.69) is 34.3 Å². The maximum atomic E-state index is 12.0. The van der Waals surface area contributed by atoms with Gasteiger partial charge in [-0.2, -0.15) is 0 Å². The normalized spacial score (nSPS) is 17.5. The van der Waals surface area contributed by atoms with Crippen molar-refractivity contribution in [1.29, 1.82) is 0 Å². The molecule has 1 heterocycles. The summed E-state index contributed by atoms with van der Waals surface area (Å²) in [5, 5.41) is 6.58. The number of carbonyl (C=O) groups is 1. The molecule has 0 radical (unpaired) electrons. The third-order valence-electron chi connectivity index (χ3n) is 4.27. The van der Waals surface area contributed by atoms with Gasteiger partial charge in [0.1, 0.15) is 0 Å². The fourth-order valence-electron chi connectivity index (χ4n) is 2.81. The number of hydrogen-bond acceptors (Lipinski definition) is 3. The van der Waals surface area contributed by atoms with Crippen molar-refractivity contribution in [1.82, 2.24) is 15.1 Å². The van der Waals surface area contributed by atoms with Crippen LogP contribution >= 0.6 is 23.2 Å². The Bertz CT molecular complexity index is 547. The van der Waals surface area contributed by atoms with Crippen molar-refractivity contribution in [3.05, 3.63) is 28.2 Å². The number of anilines is 1. The highest BCUT2D eigenvalue weighted by atomic mass is 35.5. The number of amides is 2. The third kappa shape index (κ3) is 6.13. The second-order valence-corrected chi connectivity index (χ2v) is 7.12. The standard InChI is InChI=1S/C17H26Cl2N4O/c1-3-22-6-8-23(9-7-22)12-13(2)11-20-17(24)21-14-4-5-15(18)16(19)10-14/h4-5,10,13H,3,6-9,11-12H2,1-2H3,(H2,20,21,24)/t13-/m1/s1. The molecule has 0 unspecified atom stereocenters. The highest BCUT2D eigenvalue weighted by Gasteiger charge is 2.17. The third-order valence-corrected chi connectivity index (χ3v) is 5.01. The van der Waals surface area contributed by atoms with Gasteiger partial charge in [-0.3, -0.25) is 0 Å². The van der Waals surface area contributed by atoms with E-state index in [-0.39, 0.29) is 6.03 Å². The predicted molar refractivity (Wildman–Crippen MR) is 101 cm³/mol. The molecule has 1 aromatic rings. The van der Waals surface area contributed by atoms with Crippen molar-refractivity contribution in [3.63, 3.8) is 0 Å². The molecule has 1 aliphatic rings. The van der Waals surface area contributed by atoms with Gasteiger partial charge in [0.25, 0.3) is 0 Å². The Hall–Kier alpha value is -1.01. The Morgan fingerprint density at radius 2 is 1.83 bits per heavy atom. The van der Waals surface area contributed by atoms with E-state index in [4.69, 9.17) is 23.2 Å². The quantitative estimate of drug-likeness (QED) is 0.804. The zero-order valence-corrected chi connectivity index (χ0v) is 15.8. The Kier molecular flexibility index (Phi) is 7.62. The molecular weight excluding hydrogens is 347 g/mol. The van der Waals surface area contributed by atoms with Crippen molar-refractivity contribution in [2.24, 2.45) is 5.92 Å². The largest absolute Gasteiger partial charge is 0.338 e. The number of hydrogen-bond donors (Lipinski definition) is 2. The highest BCUT2D eigenvalue weighted by molar-refractivity contribution is 6.42. The first-order valence-corrected chi connectivity index (χ1v) is 9.18. The second-order valence-electron chi connectivity index (χ2n) is 6.30. The Morgan fingerprint density at radius 3 is 2.46 bits per heavy atom. The summed E-state index contributed by atoms with van der Waals surface area (Å²) in [7, 11) is 0. The minimum absolute atomic E-state index is 0.226. The average Bonchev–Trinajstić information content (AvgIpc) is 2.57. The van der Waals surface area contributed by atoms with E-state index in [0.717, 1.165) is 39.3 Å². The van der Waals surface area contributed by atoms with Crippen LogP contribution in [-0.4, -0.2) is 61.6 Å². The predicted octanol–water partition coefficient (Wildman–Crippen LogP) is 3.39. The minimum Gasteiger partial charge on any atom is -0.338 e. The highest BCUT2D eigenvalue weighted by Crippen LogP contribution is 2.24. The van der Waals surface area contributed by atoms with Crippen LogP contribution in [0.2, 0.25) is 10.0 Å². The number of halogens is 2. The number of piperazine rings is 1. The molecule has 1 aromatic carbocycles. The summed E-state index contributed by atoms with van der Waals surface area (Å²) in [6.07, 6.45) is 0. The molecule has 2 N–H and O–H groups in total. The van der Waals surface area contributed by atoms with Crippen LogP contribution in [0.5, 0.6) is 0 Å². The van der Waals surface area contributed by atoms with E-state index in [9.17, 15) is 4.79 Å². The summed E-state index contributed by atoms with van der Waals surface area (Å²) in [4.78, 5) is 16.9. The molecule has 0 aliphatic carbocycles. The zero-order valence-electron chi connectivity index (χ0n) is 14.3. The molecule has 1 aliphatic heterocycles. The lowest BCUT2D eigenvalue weighted by atomic mass is 10.1. The molecule has 2 amide bonds. The van der Waals surface area contributed by atoms with Crippen molar-refractivity contribution in [2.75, 3.05) is 51.1 Å². The van der Waals surface area contributed by atoms with Gasteiger partial charge in [0.15, 0.2) is 0 Å². The van der Waals surface area contributed by atoms with Gasteiger partial charge in [0, 0.05) is 45.0 Å². The molecule has 0 spiro atoms. The van der Waals surface area contributed by atoms with Crippen LogP contribution in [0.3, 0.4) is 0 Å². The molecule has 0 saturated carbocycles. The summed E-state index contributed by atoms with van der Waals surface area (Å²) in [5.74, 6) is 0.401. The van der Waals surface area contributed by atoms with Crippen LogP contribution < -0.4 is 10.6 Å². The molecule has 24 heavy (non-hydrogen) atoms. The number of nitrogens with one attached hydrogen (secondary N) is 2. The van der Waals surface area contributed by atoms with Crippen molar-refractivity contribution >= 4 is 34.9 Å². The number of urea groups is 1. The smallest absolute Gasteiger partial charge is 0.319 e. The number of likely N-dealkylation sites (N-methyl/N-ethyl adjacent to an activating group) is 1. The van der Waals surface area contributed by atoms with E-state index < -0.39 is 0 Å². The molecule has 5 nitrogen and oxygen atoms in total. The minimum atomic E-state index is -0.226. The number of carbonyl (C=O) groups excluding carboxylic acids is 1. The summed E-state index contributed by atoms with van der Waals surface area (Å²) in [6, 6.07) is 4.80. The first-order valence-electron chi connectivity index (χ1n) is 8.42. The molecule has 0 aromatic heterocycles.